The zero-order valence-corrected chi connectivity index (χ0v) is 12.6. The van der Waals surface area contributed by atoms with E-state index in [0.29, 0.717) is 12.5 Å². The van der Waals surface area contributed by atoms with Crippen LogP contribution in [0, 0.1) is 19.8 Å². The van der Waals surface area contributed by atoms with E-state index in [0.717, 1.165) is 29.8 Å². The van der Waals surface area contributed by atoms with Crippen molar-refractivity contribution in [3.63, 3.8) is 0 Å². The van der Waals surface area contributed by atoms with E-state index in [-0.39, 0.29) is 18.5 Å². The fourth-order valence-electron chi connectivity index (χ4n) is 2.48. The molecule has 3 N–H and O–H groups in total. The number of carbonyl (C=O) groups excluding carboxylic acids is 1. The second-order valence-electron chi connectivity index (χ2n) is 5.64. The molecule has 1 fully saturated rings. The van der Waals surface area contributed by atoms with E-state index in [1.54, 1.807) is 4.68 Å². The van der Waals surface area contributed by atoms with Gasteiger partial charge in [0, 0.05) is 30.9 Å². The van der Waals surface area contributed by atoms with Crippen LogP contribution in [0.2, 0.25) is 0 Å². The summed E-state index contributed by atoms with van der Waals surface area (Å²) in [6.45, 7) is 4.24. The number of nitrogens with zero attached hydrogens (tertiary/aromatic N) is 2. The Morgan fingerprint density at radius 1 is 1.43 bits per heavy atom. The minimum absolute atomic E-state index is 0.0248. The molecule has 1 aliphatic carbocycles. The minimum Gasteiger partial charge on any atom is -0.481 e. The molecule has 0 aromatic carbocycles. The number of aryl methyl sites for hydroxylation is 2. The molecular weight excluding hydrogens is 272 g/mol. The number of urea groups is 1. The van der Waals surface area contributed by atoms with Crippen molar-refractivity contribution in [2.45, 2.75) is 45.7 Å². The Kier molecular flexibility index (Phi) is 4.50. The number of amides is 2. The normalized spacial score (nSPS) is 15.6. The molecule has 0 radical (unpaired) electrons. The maximum absolute atomic E-state index is 11.9. The van der Waals surface area contributed by atoms with Crippen molar-refractivity contribution in [2.24, 2.45) is 13.0 Å². The summed E-state index contributed by atoms with van der Waals surface area (Å²) in [5, 5.41) is 18.7. The Balaban J connectivity index is 1.87. The van der Waals surface area contributed by atoms with Gasteiger partial charge in [-0.15, -0.1) is 0 Å². The van der Waals surface area contributed by atoms with Crippen LogP contribution in [0.1, 0.15) is 36.2 Å². The molecule has 2 rings (SSSR count). The van der Waals surface area contributed by atoms with E-state index in [9.17, 15) is 9.59 Å². The molecule has 21 heavy (non-hydrogen) atoms. The number of nitrogens with one attached hydrogen (secondary N) is 2. The van der Waals surface area contributed by atoms with Crippen molar-refractivity contribution in [3.05, 3.63) is 17.0 Å². The standard InChI is InChI=1S/C14H22N4O3/c1-8-11(9(2)18(3)17-8)7-15-14(21)16-12(6-13(19)20)10-4-5-10/h10,12H,4-7H2,1-3H3,(H,19,20)(H2,15,16,21). The van der Waals surface area contributed by atoms with Crippen molar-refractivity contribution >= 4 is 12.0 Å². The lowest BCUT2D eigenvalue weighted by molar-refractivity contribution is -0.137. The van der Waals surface area contributed by atoms with Crippen LogP contribution in [-0.2, 0) is 18.4 Å². The van der Waals surface area contributed by atoms with Crippen LogP contribution >= 0.6 is 0 Å². The molecule has 7 nitrogen and oxygen atoms in total. The fraction of sp³-hybridized carbons (Fsp3) is 0.643. The molecule has 0 spiro atoms. The van der Waals surface area contributed by atoms with Crippen LogP contribution in [0.15, 0.2) is 0 Å². The number of hydrogen-bond acceptors (Lipinski definition) is 3. The van der Waals surface area contributed by atoms with Crippen molar-refractivity contribution in [1.29, 1.82) is 0 Å². The number of carboxylic acids is 1. The van der Waals surface area contributed by atoms with Crippen LogP contribution in [0.4, 0.5) is 4.79 Å². The van der Waals surface area contributed by atoms with Gasteiger partial charge in [-0.25, -0.2) is 4.79 Å². The van der Waals surface area contributed by atoms with Gasteiger partial charge in [0.2, 0.25) is 0 Å². The monoisotopic (exact) mass is 294 g/mol. The van der Waals surface area contributed by atoms with Crippen molar-refractivity contribution in [3.8, 4) is 0 Å². The topological polar surface area (TPSA) is 96.3 Å². The highest BCUT2D eigenvalue weighted by Crippen LogP contribution is 2.33. The second kappa shape index (κ2) is 6.15. The SMILES string of the molecule is Cc1nn(C)c(C)c1CNC(=O)NC(CC(=O)O)C1CC1. The maximum atomic E-state index is 11.9. The first-order valence-corrected chi connectivity index (χ1v) is 7.13. The van der Waals surface area contributed by atoms with Gasteiger partial charge in [-0.2, -0.15) is 5.10 Å². The number of aliphatic carboxylic acids is 1. The first-order chi connectivity index (χ1) is 9.88. The van der Waals surface area contributed by atoms with Crippen LogP contribution in [0.5, 0.6) is 0 Å². The predicted octanol–water partition coefficient (Wildman–Crippen LogP) is 1.09. The number of aromatic nitrogens is 2. The summed E-state index contributed by atoms with van der Waals surface area (Å²) in [6.07, 6.45) is 1.95. The lowest BCUT2D eigenvalue weighted by Gasteiger charge is -2.16. The number of carbonyl (C=O) groups is 2. The molecule has 0 aliphatic heterocycles. The molecule has 1 atom stereocenters. The number of rotatable bonds is 6. The lowest BCUT2D eigenvalue weighted by Crippen LogP contribution is -2.44. The van der Waals surface area contributed by atoms with E-state index in [4.69, 9.17) is 5.11 Å². The lowest BCUT2D eigenvalue weighted by atomic mass is 10.1. The van der Waals surface area contributed by atoms with Crippen molar-refractivity contribution in [2.75, 3.05) is 0 Å². The Morgan fingerprint density at radius 3 is 2.57 bits per heavy atom. The molecule has 2 amide bonds. The summed E-state index contributed by atoms with van der Waals surface area (Å²) in [5.41, 5.74) is 2.89. The molecule has 1 aromatic heterocycles. The molecule has 1 unspecified atom stereocenters. The number of carboxylic acid groups (broad SMARTS) is 1. The molecule has 1 heterocycles. The zero-order valence-electron chi connectivity index (χ0n) is 12.6. The molecule has 116 valence electrons. The molecule has 1 saturated carbocycles. The Bertz CT molecular complexity index is 549. The third-order valence-corrected chi connectivity index (χ3v) is 3.99. The largest absolute Gasteiger partial charge is 0.481 e. The van der Waals surface area contributed by atoms with E-state index in [1.807, 2.05) is 20.9 Å². The van der Waals surface area contributed by atoms with Crippen LogP contribution in [0.3, 0.4) is 0 Å². The van der Waals surface area contributed by atoms with Gasteiger partial charge in [-0.3, -0.25) is 9.48 Å². The van der Waals surface area contributed by atoms with E-state index in [1.165, 1.54) is 0 Å². The van der Waals surface area contributed by atoms with Gasteiger partial charge in [0.25, 0.3) is 0 Å². The third kappa shape index (κ3) is 3.96. The summed E-state index contributed by atoms with van der Waals surface area (Å²) in [6, 6.07) is -0.602. The van der Waals surface area contributed by atoms with Gasteiger partial charge in [-0.1, -0.05) is 0 Å². The van der Waals surface area contributed by atoms with E-state index < -0.39 is 5.97 Å². The molecule has 0 bridgehead atoms. The molecule has 7 heteroatoms. The highest BCUT2D eigenvalue weighted by molar-refractivity contribution is 5.76. The third-order valence-electron chi connectivity index (χ3n) is 3.99. The Labute approximate surface area is 123 Å². The molecule has 1 aliphatic rings. The first-order valence-electron chi connectivity index (χ1n) is 7.13. The van der Waals surface area contributed by atoms with Crippen molar-refractivity contribution < 1.29 is 14.7 Å². The summed E-state index contributed by atoms with van der Waals surface area (Å²) >= 11 is 0. The average molecular weight is 294 g/mol. The van der Waals surface area contributed by atoms with E-state index in [2.05, 4.69) is 15.7 Å². The zero-order chi connectivity index (χ0) is 15.6. The summed E-state index contributed by atoms with van der Waals surface area (Å²) in [4.78, 5) is 22.7. The second-order valence-corrected chi connectivity index (χ2v) is 5.64. The van der Waals surface area contributed by atoms with Gasteiger partial charge in [0.05, 0.1) is 12.1 Å². The smallest absolute Gasteiger partial charge is 0.315 e. The summed E-state index contributed by atoms with van der Waals surface area (Å²) < 4.78 is 1.78. The molecule has 0 saturated heterocycles. The Hall–Kier alpha value is -2.05. The average Bonchev–Trinajstić information content (AvgIpc) is 3.17. The quantitative estimate of drug-likeness (QED) is 0.731. The number of hydrogen-bond donors (Lipinski definition) is 3. The van der Waals surface area contributed by atoms with Gasteiger partial charge in [0.1, 0.15) is 0 Å². The minimum atomic E-state index is -0.883. The van der Waals surface area contributed by atoms with Crippen LogP contribution in [-0.4, -0.2) is 32.9 Å². The summed E-state index contributed by atoms with van der Waals surface area (Å²) in [7, 11) is 1.86. The fourth-order valence-corrected chi connectivity index (χ4v) is 2.48. The highest BCUT2D eigenvalue weighted by Gasteiger charge is 2.33. The van der Waals surface area contributed by atoms with Gasteiger partial charge in [0.15, 0.2) is 0 Å². The molecule has 1 aromatic rings. The van der Waals surface area contributed by atoms with Crippen LogP contribution in [0.25, 0.3) is 0 Å². The van der Waals surface area contributed by atoms with Gasteiger partial charge < -0.3 is 15.7 Å². The van der Waals surface area contributed by atoms with Gasteiger partial charge >= 0.3 is 12.0 Å². The Morgan fingerprint density at radius 2 is 2.10 bits per heavy atom. The van der Waals surface area contributed by atoms with E-state index >= 15 is 0 Å². The molecular formula is C14H22N4O3. The van der Waals surface area contributed by atoms with Crippen LogP contribution < -0.4 is 10.6 Å². The van der Waals surface area contributed by atoms with Crippen molar-refractivity contribution in [1.82, 2.24) is 20.4 Å². The summed E-state index contributed by atoms with van der Waals surface area (Å²) in [5.74, 6) is -0.583. The van der Waals surface area contributed by atoms with Gasteiger partial charge in [-0.05, 0) is 32.6 Å². The highest BCUT2D eigenvalue weighted by atomic mass is 16.4. The first kappa shape index (κ1) is 15.3. The predicted molar refractivity (Wildman–Crippen MR) is 76.8 cm³/mol. The maximum Gasteiger partial charge on any atom is 0.315 e.